The maximum atomic E-state index is 12.7. The number of hydrogen-bond donors (Lipinski definition) is 0. The molecular weight excluding hydrogens is 435 g/mol. The van der Waals surface area contributed by atoms with Gasteiger partial charge in [0.25, 0.3) is 0 Å². The van der Waals surface area contributed by atoms with E-state index < -0.39 is 0 Å². The molecule has 0 aliphatic carbocycles. The molecule has 2 heterocycles. The number of aromatic nitrogens is 1. The molecule has 0 bridgehead atoms. The highest BCUT2D eigenvalue weighted by Gasteiger charge is 2.30. The van der Waals surface area contributed by atoms with Gasteiger partial charge in [-0.05, 0) is 46.6 Å². The van der Waals surface area contributed by atoms with E-state index in [0.717, 1.165) is 22.5 Å². The Kier molecular flexibility index (Phi) is 4.74. The van der Waals surface area contributed by atoms with Gasteiger partial charge in [-0.15, -0.1) is 0 Å². The minimum absolute atomic E-state index is 0.00816. The summed E-state index contributed by atoms with van der Waals surface area (Å²) < 4.78 is 0.637. The first-order valence-corrected chi connectivity index (χ1v) is 9.63. The zero-order chi connectivity index (χ0) is 18.3. The Balaban J connectivity index is 1.97. The predicted molar refractivity (Wildman–Crippen MR) is 109 cm³/mol. The third kappa shape index (κ3) is 3.02. The van der Waals surface area contributed by atoms with Crippen LogP contribution in [0.15, 0.2) is 59.2 Å². The van der Waals surface area contributed by atoms with Crippen LogP contribution in [0.5, 0.6) is 0 Å². The number of hydrogen-bond acceptors (Lipinski definition) is 2. The fraction of sp³-hybridized carbons (Fsp3) is 0.100. The van der Waals surface area contributed by atoms with Gasteiger partial charge in [0.2, 0.25) is 5.91 Å². The Bertz CT molecular complexity index is 1020. The summed E-state index contributed by atoms with van der Waals surface area (Å²) in [5, 5.41) is 1.16. The molecule has 0 atom stereocenters. The lowest BCUT2D eigenvalue weighted by molar-refractivity contribution is -0.118. The molecule has 2 aromatic carbocycles. The van der Waals surface area contributed by atoms with E-state index in [-0.39, 0.29) is 5.91 Å². The number of amides is 1. The molecule has 0 spiro atoms. The monoisotopic (exact) mass is 446 g/mol. The van der Waals surface area contributed by atoms with Crippen LogP contribution < -0.4 is 4.90 Å². The molecule has 1 amide bonds. The average Bonchev–Trinajstić information content (AvgIpc) is 2.62. The van der Waals surface area contributed by atoms with Gasteiger partial charge in [-0.3, -0.25) is 9.69 Å². The molecule has 1 aromatic heterocycles. The Morgan fingerprint density at radius 3 is 2.35 bits per heavy atom. The molecule has 0 radical (unpaired) electrons. The van der Waals surface area contributed by atoms with E-state index in [9.17, 15) is 4.79 Å². The molecule has 4 rings (SSSR count). The zero-order valence-corrected chi connectivity index (χ0v) is 16.6. The van der Waals surface area contributed by atoms with E-state index in [4.69, 9.17) is 23.2 Å². The smallest absolute Gasteiger partial charge is 0.231 e. The van der Waals surface area contributed by atoms with Crippen molar-refractivity contribution in [3.8, 4) is 11.3 Å². The van der Waals surface area contributed by atoms with Crippen LogP contribution in [-0.2, 0) is 11.2 Å². The second-order valence-electron chi connectivity index (χ2n) is 5.95. The summed E-state index contributed by atoms with van der Waals surface area (Å²) in [6.45, 7) is 0. The minimum Gasteiger partial charge on any atom is -0.279 e. The van der Waals surface area contributed by atoms with Gasteiger partial charge >= 0.3 is 0 Å². The lowest BCUT2D eigenvalue weighted by atomic mass is 9.95. The van der Waals surface area contributed by atoms with Gasteiger partial charge in [0.15, 0.2) is 0 Å². The molecule has 3 nitrogen and oxygen atoms in total. The summed E-state index contributed by atoms with van der Waals surface area (Å²) in [6, 6.07) is 16.8. The van der Waals surface area contributed by atoms with Crippen molar-refractivity contribution in [3.63, 3.8) is 0 Å². The quantitative estimate of drug-likeness (QED) is 0.424. The molecule has 3 aromatic rings. The Morgan fingerprint density at radius 2 is 1.62 bits per heavy atom. The normalized spacial score (nSPS) is 13.7. The number of fused-ring (bicyclic) bond motifs is 1. The van der Waals surface area contributed by atoms with Gasteiger partial charge in [-0.1, -0.05) is 53.5 Å². The first kappa shape index (κ1) is 17.5. The summed E-state index contributed by atoms with van der Waals surface area (Å²) in [6.07, 6.45) is 0.995. The number of nitrogens with zero attached hydrogens (tertiary/aromatic N) is 2. The van der Waals surface area contributed by atoms with Gasteiger partial charge in [-0.2, -0.15) is 0 Å². The first-order chi connectivity index (χ1) is 12.6. The summed E-state index contributed by atoms with van der Waals surface area (Å²) >= 11 is 16.2. The van der Waals surface area contributed by atoms with Crippen LogP contribution in [0.1, 0.15) is 12.0 Å². The topological polar surface area (TPSA) is 33.2 Å². The van der Waals surface area contributed by atoms with Crippen molar-refractivity contribution in [1.82, 2.24) is 4.98 Å². The molecule has 6 heteroatoms. The van der Waals surface area contributed by atoms with Gasteiger partial charge in [0.1, 0.15) is 4.60 Å². The van der Waals surface area contributed by atoms with Crippen molar-refractivity contribution in [2.24, 2.45) is 0 Å². The standard InChI is InChI=1S/C20H13BrCl2N2O/c21-18-11-17-13(20(24-18)12-5-1-2-6-14(12)22)9-10-19(26)25(17)16-8-4-3-7-15(16)23/h1-8,11H,9-10H2. The van der Waals surface area contributed by atoms with Crippen LogP contribution in [-0.4, -0.2) is 10.9 Å². The number of anilines is 2. The van der Waals surface area contributed by atoms with Gasteiger partial charge < -0.3 is 0 Å². The van der Waals surface area contributed by atoms with Crippen molar-refractivity contribution in [2.45, 2.75) is 12.8 Å². The second kappa shape index (κ2) is 7.03. The second-order valence-corrected chi connectivity index (χ2v) is 7.58. The summed E-state index contributed by atoms with van der Waals surface area (Å²) in [4.78, 5) is 19.1. The molecule has 0 saturated heterocycles. The lowest BCUT2D eigenvalue weighted by Gasteiger charge is -2.31. The molecule has 1 aliphatic rings. The van der Waals surface area contributed by atoms with E-state index >= 15 is 0 Å². The predicted octanol–water partition coefficient (Wildman–Crippen LogP) is 6.43. The summed E-state index contributed by atoms with van der Waals surface area (Å²) in [5.74, 6) is 0.00816. The highest BCUT2D eigenvalue weighted by atomic mass is 79.9. The number of rotatable bonds is 2. The molecule has 0 saturated carbocycles. The molecule has 130 valence electrons. The van der Waals surface area contributed by atoms with Crippen molar-refractivity contribution in [1.29, 1.82) is 0 Å². The Morgan fingerprint density at radius 1 is 0.923 bits per heavy atom. The SMILES string of the molecule is O=C1CCc2c(cc(Br)nc2-c2ccccc2Cl)N1c1ccccc1Cl. The van der Waals surface area contributed by atoms with E-state index in [1.807, 2.05) is 48.5 Å². The molecule has 1 aliphatic heterocycles. The average molecular weight is 448 g/mol. The third-order valence-corrected chi connectivity index (χ3v) is 5.43. The van der Waals surface area contributed by atoms with Crippen molar-refractivity contribution in [2.75, 3.05) is 4.90 Å². The maximum absolute atomic E-state index is 12.7. The summed E-state index contributed by atoms with van der Waals surface area (Å²) in [5.41, 5.74) is 4.07. The van der Waals surface area contributed by atoms with Crippen molar-refractivity contribution in [3.05, 3.63) is 74.8 Å². The zero-order valence-electron chi connectivity index (χ0n) is 13.5. The van der Waals surface area contributed by atoms with Gasteiger partial charge in [-0.25, -0.2) is 4.98 Å². The number of pyridine rings is 1. The summed E-state index contributed by atoms with van der Waals surface area (Å²) in [7, 11) is 0. The van der Waals surface area contributed by atoms with Crippen LogP contribution in [0.3, 0.4) is 0 Å². The number of halogens is 3. The maximum Gasteiger partial charge on any atom is 0.231 e. The lowest BCUT2D eigenvalue weighted by Crippen LogP contribution is -2.31. The van der Waals surface area contributed by atoms with E-state index in [2.05, 4.69) is 20.9 Å². The van der Waals surface area contributed by atoms with Gasteiger partial charge in [0, 0.05) is 22.6 Å². The van der Waals surface area contributed by atoms with Crippen LogP contribution in [0.2, 0.25) is 10.0 Å². The molecule has 0 unspecified atom stereocenters. The van der Waals surface area contributed by atoms with Gasteiger partial charge in [0.05, 0.1) is 22.1 Å². The number of carbonyl (C=O) groups excluding carboxylic acids is 1. The van der Waals surface area contributed by atoms with Crippen LogP contribution in [0, 0.1) is 0 Å². The fourth-order valence-corrected chi connectivity index (χ4v) is 4.06. The highest BCUT2D eigenvalue weighted by molar-refractivity contribution is 9.10. The van der Waals surface area contributed by atoms with Crippen LogP contribution in [0.25, 0.3) is 11.3 Å². The number of carbonyl (C=O) groups is 1. The Labute approximate surface area is 169 Å². The largest absolute Gasteiger partial charge is 0.279 e. The molecule has 0 fully saturated rings. The van der Waals surface area contributed by atoms with Crippen molar-refractivity contribution < 1.29 is 4.79 Å². The number of para-hydroxylation sites is 1. The molecule has 26 heavy (non-hydrogen) atoms. The third-order valence-electron chi connectivity index (χ3n) is 4.37. The molecule has 0 N–H and O–H groups in total. The first-order valence-electron chi connectivity index (χ1n) is 8.08. The van der Waals surface area contributed by atoms with E-state index in [1.54, 1.807) is 11.0 Å². The van der Waals surface area contributed by atoms with E-state index in [0.29, 0.717) is 33.2 Å². The van der Waals surface area contributed by atoms with Crippen LogP contribution >= 0.6 is 39.1 Å². The van der Waals surface area contributed by atoms with Crippen molar-refractivity contribution >= 4 is 56.4 Å². The minimum atomic E-state index is 0.00816. The highest BCUT2D eigenvalue weighted by Crippen LogP contribution is 2.43. The Hall–Kier alpha value is -1.88. The fourth-order valence-electron chi connectivity index (χ4n) is 3.23. The molecular formula is C20H13BrCl2N2O. The number of benzene rings is 2. The van der Waals surface area contributed by atoms with Crippen LogP contribution in [0.4, 0.5) is 11.4 Å². The van der Waals surface area contributed by atoms with E-state index in [1.165, 1.54) is 0 Å².